The fourth-order valence-electron chi connectivity index (χ4n) is 3.17. The van der Waals surface area contributed by atoms with E-state index in [2.05, 4.69) is 41.1 Å². The Kier molecular flexibility index (Phi) is 5.64. The summed E-state index contributed by atoms with van der Waals surface area (Å²) in [6, 6.07) is 12.3. The number of piperazine rings is 1. The number of hydrogen-bond donors (Lipinski definition) is 0. The zero-order chi connectivity index (χ0) is 17.6. The molecule has 1 aliphatic heterocycles. The first-order valence-electron chi connectivity index (χ1n) is 9.11. The fourth-order valence-corrected chi connectivity index (χ4v) is 3.17. The van der Waals surface area contributed by atoms with Gasteiger partial charge in [0.1, 0.15) is 0 Å². The first-order valence-corrected chi connectivity index (χ1v) is 9.11. The predicted octanol–water partition coefficient (Wildman–Crippen LogP) is 3.29. The number of hydrogen-bond acceptors (Lipinski definition) is 4. The number of nitrogens with zero attached hydrogens (tertiary/aromatic N) is 4. The topological polar surface area (TPSA) is 49.3 Å². The second-order valence-corrected chi connectivity index (χ2v) is 6.56. The normalized spacial score (nSPS) is 14.6. The van der Waals surface area contributed by atoms with Crippen LogP contribution in [0.4, 0.5) is 5.82 Å². The molecule has 0 aliphatic carbocycles. The van der Waals surface area contributed by atoms with E-state index in [0.717, 1.165) is 56.1 Å². The third-order valence-electron chi connectivity index (χ3n) is 4.77. The van der Waals surface area contributed by atoms with Crippen molar-refractivity contribution >= 4 is 11.7 Å². The second-order valence-electron chi connectivity index (χ2n) is 6.56. The lowest BCUT2D eigenvalue weighted by atomic mass is 10.1. The molecule has 0 N–H and O–H groups in total. The SMILES string of the molecule is CCCCC(=O)N1CCN(c2ccc(-c3ccccc3C)nn2)CC1. The molecule has 1 aromatic carbocycles. The van der Waals surface area contributed by atoms with Crippen LogP contribution in [0.15, 0.2) is 36.4 Å². The number of rotatable bonds is 5. The number of carbonyl (C=O) groups excluding carboxylic acids is 1. The van der Waals surface area contributed by atoms with Gasteiger partial charge in [-0.2, -0.15) is 0 Å². The molecule has 3 rings (SSSR count). The number of benzene rings is 1. The third-order valence-corrected chi connectivity index (χ3v) is 4.77. The van der Waals surface area contributed by atoms with Crippen molar-refractivity contribution in [2.75, 3.05) is 31.1 Å². The summed E-state index contributed by atoms with van der Waals surface area (Å²) in [5.41, 5.74) is 3.21. The van der Waals surface area contributed by atoms with Gasteiger partial charge in [0.2, 0.25) is 5.91 Å². The maximum atomic E-state index is 12.1. The van der Waals surface area contributed by atoms with Gasteiger partial charge < -0.3 is 9.80 Å². The second kappa shape index (κ2) is 8.10. The predicted molar refractivity (Wildman–Crippen MR) is 101 cm³/mol. The van der Waals surface area contributed by atoms with Gasteiger partial charge in [-0.15, -0.1) is 10.2 Å². The average Bonchev–Trinajstić information content (AvgIpc) is 2.67. The van der Waals surface area contributed by atoms with E-state index in [-0.39, 0.29) is 5.91 Å². The molecule has 0 spiro atoms. The Morgan fingerprint density at radius 2 is 1.80 bits per heavy atom. The Labute approximate surface area is 149 Å². The van der Waals surface area contributed by atoms with E-state index >= 15 is 0 Å². The molecule has 1 aromatic heterocycles. The van der Waals surface area contributed by atoms with Crippen molar-refractivity contribution in [1.29, 1.82) is 0 Å². The summed E-state index contributed by atoms with van der Waals surface area (Å²) in [5.74, 6) is 1.17. The van der Waals surface area contributed by atoms with Crippen LogP contribution in [0.2, 0.25) is 0 Å². The van der Waals surface area contributed by atoms with E-state index < -0.39 is 0 Å². The summed E-state index contributed by atoms with van der Waals surface area (Å²) in [6.45, 7) is 7.37. The van der Waals surface area contributed by atoms with E-state index in [9.17, 15) is 4.79 Å². The van der Waals surface area contributed by atoms with Crippen molar-refractivity contribution in [3.63, 3.8) is 0 Å². The first-order chi connectivity index (χ1) is 12.2. The maximum Gasteiger partial charge on any atom is 0.222 e. The number of aryl methyl sites for hydroxylation is 1. The third kappa shape index (κ3) is 4.16. The van der Waals surface area contributed by atoms with Crippen LogP contribution in [0.3, 0.4) is 0 Å². The largest absolute Gasteiger partial charge is 0.352 e. The van der Waals surface area contributed by atoms with Gasteiger partial charge in [0, 0.05) is 38.2 Å². The molecule has 0 unspecified atom stereocenters. The molecule has 1 fully saturated rings. The molecule has 0 atom stereocenters. The summed E-state index contributed by atoms with van der Waals surface area (Å²) >= 11 is 0. The lowest BCUT2D eigenvalue weighted by molar-refractivity contribution is -0.131. The van der Waals surface area contributed by atoms with E-state index in [4.69, 9.17) is 0 Å². The minimum absolute atomic E-state index is 0.280. The molecule has 0 bridgehead atoms. The highest BCUT2D eigenvalue weighted by Gasteiger charge is 2.21. The molecule has 5 heteroatoms. The van der Waals surface area contributed by atoms with Crippen molar-refractivity contribution in [3.8, 4) is 11.3 Å². The van der Waals surface area contributed by atoms with Crippen LogP contribution in [0.5, 0.6) is 0 Å². The number of amides is 1. The van der Waals surface area contributed by atoms with Crippen molar-refractivity contribution < 1.29 is 4.79 Å². The summed E-state index contributed by atoms with van der Waals surface area (Å²) in [7, 11) is 0. The van der Waals surface area contributed by atoms with Gasteiger partial charge in [-0.1, -0.05) is 37.6 Å². The molecule has 1 amide bonds. The Hall–Kier alpha value is -2.43. The molecular weight excluding hydrogens is 312 g/mol. The Bertz CT molecular complexity index is 706. The lowest BCUT2D eigenvalue weighted by Crippen LogP contribution is -2.49. The fraction of sp³-hybridized carbons (Fsp3) is 0.450. The van der Waals surface area contributed by atoms with Crippen LogP contribution in [-0.2, 0) is 4.79 Å². The molecule has 132 valence electrons. The van der Waals surface area contributed by atoms with Crippen LogP contribution < -0.4 is 4.90 Å². The van der Waals surface area contributed by atoms with Crippen LogP contribution in [0.25, 0.3) is 11.3 Å². The minimum atomic E-state index is 0.280. The zero-order valence-corrected chi connectivity index (χ0v) is 15.1. The molecule has 2 aromatic rings. The quantitative estimate of drug-likeness (QED) is 0.839. The van der Waals surface area contributed by atoms with Crippen molar-refractivity contribution in [3.05, 3.63) is 42.0 Å². The monoisotopic (exact) mass is 338 g/mol. The smallest absolute Gasteiger partial charge is 0.222 e. The van der Waals surface area contributed by atoms with Gasteiger partial charge in [-0.05, 0) is 31.0 Å². The molecule has 1 saturated heterocycles. The van der Waals surface area contributed by atoms with Crippen molar-refractivity contribution in [2.24, 2.45) is 0 Å². The molecule has 25 heavy (non-hydrogen) atoms. The molecule has 0 saturated carbocycles. The average molecular weight is 338 g/mol. The van der Waals surface area contributed by atoms with E-state index in [1.807, 2.05) is 29.2 Å². The minimum Gasteiger partial charge on any atom is -0.352 e. The highest BCUT2D eigenvalue weighted by Crippen LogP contribution is 2.22. The van der Waals surface area contributed by atoms with Gasteiger partial charge in [0.05, 0.1) is 5.69 Å². The standard InChI is InChI=1S/C20H26N4O/c1-3-4-9-20(25)24-14-12-23(13-15-24)19-11-10-18(21-22-19)17-8-6-5-7-16(17)2/h5-8,10-11H,3-4,9,12-15H2,1-2H3. The molecule has 1 aliphatic rings. The number of anilines is 1. The van der Waals surface area contributed by atoms with Crippen LogP contribution in [0.1, 0.15) is 31.7 Å². The van der Waals surface area contributed by atoms with Crippen molar-refractivity contribution in [2.45, 2.75) is 33.1 Å². The van der Waals surface area contributed by atoms with E-state index in [1.165, 1.54) is 5.56 Å². The van der Waals surface area contributed by atoms with Crippen LogP contribution in [0, 0.1) is 6.92 Å². The summed E-state index contributed by atoms with van der Waals surface area (Å²) in [4.78, 5) is 16.3. The molecule has 5 nitrogen and oxygen atoms in total. The molecule has 0 radical (unpaired) electrons. The lowest BCUT2D eigenvalue weighted by Gasteiger charge is -2.35. The molecular formula is C20H26N4O. The first kappa shape index (κ1) is 17.4. The highest BCUT2D eigenvalue weighted by atomic mass is 16.2. The Morgan fingerprint density at radius 3 is 2.44 bits per heavy atom. The summed E-state index contributed by atoms with van der Waals surface area (Å²) < 4.78 is 0. The zero-order valence-electron chi connectivity index (χ0n) is 15.1. The number of carbonyl (C=O) groups is 1. The van der Waals surface area contributed by atoms with E-state index in [1.54, 1.807) is 0 Å². The van der Waals surface area contributed by atoms with Crippen LogP contribution in [-0.4, -0.2) is 47.2 Å². The maximum absolute atomic E-state index is 12.1. The highest BCUT2D eigenvalue weighted by molar-refractivity contribution is 5.76. The van der Waals surface area contributed by atoms with Crippen LogP contribution >= 0.6 is 0 Å². The van der Waals surface area contributed by atoms with Gasteiger partial charge in [-0.3, -0.25) is 4.79 Å². The molecule has 2 heterocycles. The van der Waals surface area contributed by atoms with Gasteiger partial charge in [-0.25, -0.2) is 0 Å². The van der Waals surface area contributed by atoms with Gasteiger partial charge in [0.15, 0.2) is 5.82 Å². The number of unbranched alkanes of at least 4 members (excludes halogenated alkanes) is 1. The van der Waals surface area contributed by atoms with Crippen molar-refractivity contribution in [1.82, 2.24) is 15.1 Å². The van der Waals surface area contributed by atoms with Gasteiger partial charge in [0.25, 0.3) is 0 Å². The van der Waals surface area contributed by atoms with E-state index in [0.29, 0.717) is 6.42 Å². The van der Waals surface area contributed by atoms with Gasteiger partial charge >= 0.3 is 0 Å². The Morgan fingerprint density at radius 1 is 1.04 bits per heavy atom. The summed E-state index contributed by atoms with van der Waals surface area (Å²) in [5, 5.41) is 8.82. The Balaban J connectivity index is 1.61. The summed E-state index contributed by atoms with van der Waals surface area (Å²) in [6.07, 6.45) is 2.71. The number of aromatic nitrogens is 2.